The number of thiophene rings is 1. The Balaban J connectivity index is 1.36. The van der Waals surface area contributed by atoms with Crippen molar-refractivity contribution in [1.29, 1.82) is 0 Å². The first-order valence-corrected chi connectivity index (χ1v) is 12.8. The molecule has 0 spiro atoms. The zero-order valence-corrected chi connectivity index (χ0v) is 21.7. The quantitative estimate of drug-likeness (QED) is 0.246. The second kappa shape index (κ2) is 9.10. The highest BCUT2D eigenvalue weighted by atomic mass is 32.1. The highest BCUT2D eigenvalue weighted by molar-refractivity contribution is 7.13. The summed E-state index contributed by atoms with van der Waals surface area (Å²) in [6, 6.07) is 10.5. The second-order valence-electron chi connectivity index (χ2n) is 10.2. The normalized spacial score (nSPS) is 11.9. The number of nitrogens with zero attached hydrogens (tertiary/aromatic N) is 5. The molecule has 38 heavy (non-hydrogen) atoms. The Bertz CT molecular complexity index is 1810. The van der Waals surface area contributed by atoms with Crippen molar-refractivity contribution in [3.05, 3.63) is 60.1 Å². The number of halogens is 1. The highest BCUT2D eigenvalue weighted by Gasteiger charge is 2.19. The van der Waals surface area contributed by atoms with E-state index in [2.05, 4.69) is 30.5 Å². The lowest BCUT2D eigenvalue weighted by molar-refractivity contribution is -0.117. The molecule has 0 aromatic carbocycles. The van der Waals surface area contributed by atoms with Crippen molar-refractivity contribution in [3.8, 4) is 33.3 Å². The van der Waals surface area contributed by atoms with E-state index in [0.29, 0.717) is 50.9 Å². The molecule has 0 radical (unpaired) electrons. The van der Waals surface area contributed by atoms with E-state index < -0.39 is 0 Å². The van der Waals surface area contributed by atoms with Crippen molar-refractivity contribution < 1.29 is 9.18 Å². The number of imidazole rings is 1. The molecule has 0 aliphatic heterocycles. The number of carbonyl (C=O) groups is 1. The SMILES string of the molecule is CC(C)(C)CC(=O)Nc1cncc(-c2ccc3[nH]nc(-c4nc5c(-c6ccc(F)s6)nccc5[nH]4)c3n2)c1. The number of pyridine rings is 3. The summed E-state index contributed by atoms with van der Waals surface area (Å²) in [5.41, 5.74) is 5.81. The van der Waals surface area contributed by atoms with Crippen LogP contribution in [0.15, 0.2) is 55.0 Å². The van der Waals surface area contributed by atoms with Crippen molar-refractivity contribution in [2.45, 2.75) is 27.2 Å². The molecular weight excluding hydrogens is 503 g/mol. The molecule has 11 heteroatoms. The summed E-state index contributed by atoms with van der Waals surface area (Å²) in [5.74, 6) is 0.449. The smallest absolute Gasteiger partial charge is 0.224 e. The maximum Gasteiger partial charge on any atom is 0.224 e. The zero-order chi connectivity index (χ0) is 26.4. The van der Waals surface area contributed by atoms with E-state index >= 15 is 0 Å². The van der Waals surface area contributed by atoms with E-state index in [1.165, 1.54) is 6.07 Å². The number of hydrogen-bond donors (Lipinski definition) is 3. The molecule has 0 aliphatic carbocycles. The van der Waals surface area contributed by atoms with E-state index in [1.54, 1.807) is 24.7 Å². The predicted octanol–water partition coefficient (Wildman–Crippen LogP) is 6.20. The van der Waals surface area contributed by atoms with Crippen LogP contribution in [0.2, 0.25) is 0 Å². The summed E-state index contributed by atoms with van der Waals surface area (Å²) in [6.45, 7) is 6.05. The Hall–Kier alpha value is -4.51. The average Bonchev–Trinajstić information content (AvgIpc) is 3.60. The zero-order valence-electron chi connectivity index (χ0n) is 20.8. The van der Waals surface area contributed by atoms with Gasteiger partial charge in [0.15, 0.2) is 16.6 Å². The largest absolute Gasteiger partial charge is 0.336 e. The average molecular weight is 527 g/mol. The van der Waals surface area contributed by atoms with E-state index in [0.717, 1.165) is 27.9 Å². The monoisotopic (exact) mass is 526 g/mol. The third kappa shape index (κ3) is 4.63. The summed E-state index contributed by atoms with van der Waals surface area (Å²) < 4.78 is 13.7. The molecular formula is C27H23FN8OS. The highest BCUT2D eigenvalue weighted by Crippen LogP contribution is 2.33. The van der Waals surface area contributed by atoms with Gasteiger partial charge in [-0.1, -0.05) is 20.8 Å². The summed E-state index contributed by atoms with van der Waals surface area (Å²) in [5, 5.41) is 10.1. The van der Waals surface area contributed by atoms with Gasteiger partial charge in [-0.15, -0.1) is 11.3 Å². The van der Waals surface area contributed by atoms with E-state index in [1.807, 2.05) is 45.0 Å². The first-order valence-electron chi connectivity index (χ1n) is 11.9. The minimum atomic E-state index is -0.281. The van der Waals surface area contributed by atoms with Gasteiger partial charge in [0.1, 0.15) is 16.7 Å². The minimum absolute atomic E-state index is 0.0685. The van der Waals surface area contributed by atoms with Crippen LogP contribution in [0.3, 0.4) is 0 Å². The van der Waals surface area contributed by atoms with Gasteiger partial charge in [-0.25, -0.2) is 9.97 Å². The molecule has 190 valence electrons. The number of anilines is 1. The molecule has 0 saturated carbocycles. The standard InChI is InChI=1S/C27H23FN8OS/c1-27(2,3)11-21(37)31-15-10-14(12-29-13-15)16-4-5-18-23(32-16)25(36-35-18)26-33-17-8-9-30-24(22(17)34-26)19-6-7-20(28)38-19/h4-10,12-13H,11H2,1-3H3,(H,31,37)(H,33,34)(H,35,36). The summed E-state index contributed by atoms with van der Waals surface area (Å²) in [4.78, 5) is 34.7. The lowest BCUT2D eigenvalue weighted by atomic mass is 9.92. The number of carbonyl (C=O) groups excluding carboxylic acids is 1. The van der Waals surface area contributed by atoms with E-state index in [-0.39, 0.29) is 16.5 Å². The first-order chi connectivity index (χ1) is 18.2. The van der Waals surface area contributed by atoms with Crippen LogP contribution >= 0.6 is 11.3 Å². The fraction of sp³-hybridized carbons (Fsp3) is 0.185. The van der Waals surface area contributed by atoms with Crippen molar-refractivity contribution in [3.63, 3.8) is 0 Å². The number of aromatic nitrogens is 7. The Morgan fingerprint density at radius 1 is 1.03 bits per heavy atom. The molecule has 3 N–H and O–H groups in total. The predicted molar refractivity (Wildman–Crippen MR) is 146 cm³/mol. The summed E-state index contributed by atoms with van der Waals surface area (Å²) in [6.07, 6.45) is 5.38. The Morgan fingerprint density at radius 3 is 2.66 bits per heavy atom. The minimum Gasteiger partial charge on any atom is -0.336 e. The molecule has 0 fully saturated rings. The van der Waals surface area contributed by atoms with Gasteiger partial charge in [-0.2, -0.15) is 9.49 Å². The van der Waals surface area contributed by atoms with E-state index in [4.69, 9.17) is 9.97 Å². The molecule has 0 unspecified atom stereocenters. The van der Waals surface area contributed by atoms with E-state index in [9.17, 15) is 9.18 Å². The topological polar surface area (TPSA) is 125 Å². The van der Waals surface area contributed by atoms with Gasteiger partial charge in [-0.05, 0) is 41.8 Å². The number of rotatable bonds is 5. The summed E-state index contributed by atoms with van der Waals surface area (Å²) >= 11 is 1.02. The molecule has 6 aromatic rings. The molecule has 9 nitrogen and oxygen atoms in total. The number of fused-ring (bicyclic) bond motifs is 2. The Labute approximate surface area is 220 Å². The van der Waals surface area contributed by atoms with Crippen LogP contribution in [0.25, 0.3) is 55.4 Å². The van der Waals surface area contributed by atoms with Crippen LogP contribution in [0.4, 0.5) is 10.1 Å². The third-order valence-electron chi connectivity index (χ3n) is 5.85. The van der Waals surface area contributed by atoms with Crippen molar-refractivity contribution in [2.24, 2.45) is 5.41 Å². The first kappa shape index (κ1) is 23.9. The number of aromatic amines is 2. The Morgan fingerprint density at radius 2 is 1.87 bits per heavy atom. The second-order valence-corrected chi connectivity index (χ2v) is 11.2. The molecule has 6 rings (SSSR count). The maximum absolute atomic E-state index is 13.7. The Kier molecular flexibility index (Phi) is 5.72. The molecule has 1 amide bonds. The van der Waals surface area contributed by atoms with Crippen LogP contribution < -0.4 is 5.32 Å². The van der Waals surface area contributed by atoms with Crippen molar-refractivity contribution in [1.82, 2.24) is 35.1 Å². The fourth-order valence-corrected chi connectivity index (χ4v) is 4.96. The molecule has 0 aliphatic rings. The summed E-state index contributed by atoms with van der Waals surface area (Å²) in [7, 11) is 0. The molecule has 6 aromatic heterocycles. The van der Waals surface area contributed by atoms with Crippen LogP contribution in [0, 0.1) is 10.5 Å². The van der Waals surface area contributed by atoms with Gasteiger partial charge < -0.3 is 10.3 Å². The maximum atomic E-state index is 13.7. The number of nitrogens with one attached hydrogen (secondary N) is 3. The van der Waals surface area contributed by atoms with Crippen LogP contribution in [-0.2, 0) is 4.79 Å². The molecule has 0 saturated heterocycles. The van der Waals surface area contributed by atoms with Gasteiger partial charge in [0.05, 0.1) is 33.5 Å². The van der Waals surface area contributed by atoms with Crippen LogP contribution in [-0.4, -0.2) is 41.0 Å². The lowest BCUT2D eigenvalue weighted by Crippen LogP contribution is -2.19. The van der Waals surface area contributed by atoms with Crippen LogP contribution in [0.1, 0.15) is 27.2 Å². The number of H-pyrrole nitrogens is 2. The van der Waals surface area contributed by atoms with Gasteiger partial charge in [0.25, 0.3) is 0 Å². The van der Waals surface area contributed by atoms with Gasteiger partial charge >= 0.3 is 0 Å². The van der Waals surface area contributed by atoms with Crippen molar-refractivity contribution >= 4 is 45.0 Å². The number of hydrogen-bond acceptors (Lipinski definition) is 7. The van der Waals surface area contributed by atoms with Gasteiger partial charge in [-0.3, -0.25) is 19.9 Å². The van der Waals surface area contributed by atoms with Gasteiger partial charge in [0.2, 0.25) is 5.91 Å². The number of amides is 1. The van der Waals surface area contributed by atoms with Crippen LogP contribution in [0.5, 0.6) is 0 Å². The van der Waals surface area contributed by atoms with Gasteiger partial charge in [0, 0.05) is 24.4 Å². The molecule has 0 atom stereocenters. The molecule has 0 bridgehead atoms. The third-order valence-corrected chi connectivity index (χ3v) is 6.73. The van der Waals surface area contributed by atoms with Crippen molar-refractivity contribution in [2.75, 3.05) is 5.32 Å². The lowest BCUT2D eigenvalue weighted by Gasteiger charge is -2.17. The molecule has 6 heterocycles. The fourth-order valence-electron chi connectivity index (χ4n) is 4.23.